The van der Waals surface area contributed by atoms with Gasteiger partial charge in [0.05, 0.1) is 24.6 Å². The average Bonchev–Trinajstić information content (AvgIpc) is 3.14. The number of nitrogens with one attached hydrogen (secondary N) is 2. The Balaban J connectivity index is 1.46. The van der Waals surface area contributed by atoms with E-state index in [0.29, 0.717) is 49.1 Å². The van der Waals surface area contributed by atoms with Gasteiger partial charge in [-0.15, -0.1) is 11.3 Å². The monoisotopic (exact) mass is 430 g/mol. The van der Waals surface area contributed by atoms with Crippen LogP contribution >= 0.6 is 11.3 Å². The van der Waals surface area contributed by atoms with Crippen LogP contribution in [0.25, 0.3) is 0 Å². The molecule has 2 N–H and O–H groups in total. The lowest BCUT2D eigenvalue weighted by Gasteiger charge is -2.30. The topological polar surface area (TPSA) is 101 Å². The average molecular weight is 431 g/mol. The first kappa shape index (κ1) is 21.8. The summed E-state index contributed by atoms with van der Waals surface area (Å²) in [6.45, 7) is 5.19. The first-order valence-corrected chi connectivity index (χ1v) is 10.9. The summed E-state index contributed by atoms with van der Waals surface area (Å²) >= 11 is 1.28. The van der Waals surface area contributed by atoms with Gasteiger partial charge in [-0.2, -0.15) is 0 Å². The highest BCUT2D eigenvalue weighted by molar-refractivity contribution is 7.14. The Hall–Kier alpha value is -2.94. The lowest BCUT2D eigenvalue weighted by molar-refractivity contribution is -0.151. The van der Waals surface area contributed by atoms with E-state index in [1.807, 2.05) is 31.2 Å². The Kier molecular flexibility index (Phi) is 7.40. The smallest absolute Gasteiger partial charge is 0.325 e. The summed E-state index contributed by atoms with van der Waals surface area (Å²) in [5, 5.41) is 7.66. The number of likely N-dealkylation sites (tertiary alicyclic amines) is 1. The summed E-state index contributed by atoms with van der Waals surface area (Å²) in [5.41, 5.74) is 2.36. The largest absolute Gasteiger partial charge is 0.466 e. The Morgan fingerprint density at radius 1 is 1.23 bits per heavy atom. The number of ether oxygens (including phenoxy) is 1. The molecule has 2 aromatic rings. The van der Waals surface area contributed by atoms with Gasteiger partial charge in [0.2, 0.25) is 5.91 Å². The van der Waals surface area contributed by atoms with Gasteiger partial charge in [-0.3, -0.25) is 14.9 Å². The predicted octanol–water partition coefficient (Wildman–Crippen LogP) is 3.44. The molecule has 1 aliphatic heterocycles. The van der Waals surface area contributed by atoms with Gasteiger partial charge in [0.25, 0.3) is 0 Å². The molecule has 0 spiro atoms. The van der Waals surface area contributed by atoms with Crippen LogP contribution in [-0.2, 0) is 20.7 Å². The van der Waals surface area contributed by atoms with E-state index in [0.717, 1.165) is 5.56 Å². The second-order valence-corrected chi connectivity index (χ2v) is 8.03. The van der Waals surface area contributed by atoms with Crippen molar-refractivity contribution in [1.29, 1.82) is 0 Å². The normalized spacial score (nSPS) is 14.3. The third-order valence-corrected chi connectivity index (χ3v) is 5.65. The van der Waals surface area contributed by atoms with Crippen molar-refractivity contribution in [3.63, 3.8) is 0 Å². The van der Waals surface area contributed by atoms with Gasteiger partial charge in [-0.25, -0.2) is 9.78 Å². The van der Waals surface area contributed by atoms with E-state index in [4.69, 9.17) is 4.74 Å². The number of anilines is 2. The molecule has 0 unspecified atom stereocenters. The fourth-order valence-electron chi connectivity index (χ4n) is 3.32. The lowest BCUT2D eigenvalue weighted by Crippen LogP contribution is -2.41. The zero-order valence-corrected chi connectivity index (χ0v) is 18.0. The fourth-order valence-corrected chi connectivity index (χ4v) is 4.02. The fraction of sp³-hybridized carbons (Fsp3) is 0.429. The first-order valence-electron chi connectivity index (χ1n) is 9.98. The molecule has 3 rings (SSSR count). The van der Waals surface area contributed by atoms with Crippen molar-refractivity contribution in [2.45, 2.75) is 33.1 Å². The van der Waals surface area contributed by atoms with Gasteiger partial charge in [0.1, 0.15) is 0 Å². The Morgan fingerprint density at radius 2 is 2.00 bits per heavy atom. The molecule has 0 aliphatic carbocycles. The maximum Gasteiger partial charge on any atom is 0.325 e. The van der Waals surface area contributed by atoms with Gasteiger partial charge in [0, 0.05) is 24.2 Å². The van der Waals surface area contributed by atoms with Crippen LogP contribution in [0.4, 0.5) is 15.6 Å². The Morgan fingerprint density at radius 3 is 2.70 bits per heavy atom. The van der Waals surface area contributed by atoms with Gasteiger partial charge in [-0.05, 0) is 44.4 Å². The highest BCUT2D eigenvalue weighted by Crippen LogP contribution is 2.21. The number of piperidine rings is 1. The summed E-state index contributed by atoms with van der Waals surface area (Å²) in [6, 6.07) is 7.12. The second-order valence-electron chi connectivity index (χ2n) is 7.18. The molecular formula is C21H26N4O4S. The molecule has 1 saturated heterocycles. The molecule has 160 valence electrons. The van der Waals surface area contributed by atoms with Gasteiger partial charge in [0.15, 0.2) is 5.13 Å². The number of carbonyl (C=O) groups is 3. The summed E-state index contributed by atoms with van der Waals surface area (Å²) in [7, 11) is 0. The maximum absolute atomic E-state index is 12.5. The van der Waals surface area contributed by atoms with E-state index >= 15 is 0 Å². The summed E-state index contributed by atoms with van der Waals surface area (Å²) < 4.78 is 5.06. The van der Waals surface area contributed by atoms with Crippen LogP contribution in [0.15, 0.2) is 29.6 Å². The van der Waals surface area contributed by atoms with Crippen molar-refractivity contribution in [3.05, 3.63) is 40.9 Å². The van der Waals surface area contributed by atoms with Crippen LogP contribution in [0, 0.1) is 12.8 Å². The second kappa shape index (κ2) is 10.2. The van der Waals surface area contributed by atoms with Crippen LogP contribution in [0.1, 0.15) is 31.0 Å². The van der Waals surface area contributed by atoms with E-state index in [1.54, 1.807) is 17.2 Å². The minimum Gasteiger partial charge on any atom is -0.466 e. The van der Waals surface area contributed by atoms with Crippen LogP contribution in [0.2, 0.25) is 0 Å². The molecule has 1 fully saturated rings. The van der Waals surface area contributed by atoms with E-state index in [2.05, 4.69) is 15.6 Å². The van der Waals surface area contributed by atoms with Crippen LogP contribution in [-0.4, -0.2) is 47.5 Å². The van der Waals surface area contributed by atoms with Crippen molar-refractivity contribution in [2.75, 3.05) is 30.3 Å². The van der Waals surface area contributed by atoms with Crippen molar-refractivity contribution in [1.82, 2.24) is 9.88 Å². The third-order valence-electron chi connectivity index (χ3n) is 4.85. The summed E-state index contributed by atoms with van der Waals surface area (Å²) in [6.07, 6.45) is 1.41. The minimum absolute atomic E-state index is 0.0293. The molecule has 0 atom stereocenters. The molecular weight excluding hydrogens is 404 g/mol. The maximum atomic E-state index is 12.5. The SMILES string of the molecule is CCOC(=O)C1CCN(C(=O)Cc2csc(NC(=O)Nc3cccc(C)c3)n2)CC1. The highest BCUT2D eigenvalue weighted by atomic mass is 32.1. The molecule has 1 aromatic heterocycles. The van der Waals surface area contributed by atoms with Gasteiger partial charge < -0.3 is 15.0 Å². The molecule has 8 nitrogen and oxygen atoms in total. The number of esters is 1. The quantitative estimate of drug-likeness (QED) is 0.684. The highest BCUT2D eigenvalue weighted by Gasteiger charge is 2.28. The standard InChI is InChI=1S/C21H26N4O4S/c1-3-29-19(27)15-7-9-25(10-8-15)18(26)12-17-13-30-21(23-17)24-20(28)22-16-6-4-5-14(2)11-16/h4-6,11,13,15H,3,7-10,12H2,1-2H3,(H2,22,23,24,28). The summed E-state index contributed by atoms with van der Waals surface area (Å²) in [5.74, 6) is -0.335. The molecule has 9 heteroatoms. The first-order chi connectivity index (χ1) is 14.4. The number of hydrogen-bond donors (Lipinski definition) is 2. The van der Waals surface area contributed by atoms with Crippen molar-refractivity contribution < 1.29 is 19.1 Å². The number of aryl methyl sites for hydroxylation is 1. The number of rotatable bonds is 6. The zero-order chi connectivity index (χ0) is 21.5. The number of hydrogen-bond acceptors (Lipinski definition) is 6. The molecule has 3 amide bonds. The summed E-state index contributed by atoms with van der Waals surface area (Å²) in [4.78, 5) is 42.6. The Bertz CT molecular complexity index is 906. The number of aromatic nitrogens is 1. The van der Waals surface area contributed by atoms with Crippen LogP contribution in [0.3, 0.4) is 0 Å². The number of urea groups is 1. The van der Waals surface area contributed by atoms with Crippen LogP contribution < -0.4 is 10.6 Å². The molecule has 0 bridgehead atoms. The number of thiazole rings is 1. The van der Waals surface area contributed by atoms with E-state index in [-0.39, 0.29) is 30.2 Å². The molecule has 1 aromatic carbocycles. The molecule has 0 saturated carbocycles. The number of nitrogens with zero attached hydrogens (tertiary/aromatic N) is 2. The Labute approximate surface area is 179 Å². The lowest BCUT2D eigenvalue weighted by atomic mass is 9.97. The van der Waals surface area contributed by atoms with E-state index in [9.17, 15) is 14.4 Å². The van der Waals surface area contributed by atoms with E-state index < -0.39 is 0 Å². The number of carbonyl (C=O) groups excluding carboxylic acids is 3. The van der Waals surface area contributed by atoms with Crippen molar-refractivity contribution >= 4 is 40.1 Å². The number of benzene rings is 1. The van der Waals surface area contributed by atoms with E-state index in [1.165, 1.54) is 11.3 Å². The zero-order valence-electron chi connectivity index (χ0n) is 17.1. The molecule has 2 heterocycles. The molecule has 30 heavy (non-hydrogen) atoms. The number of amides is 3. The van der Waals surface area contributed by atoms with Crippen molar-refractivity contribution in [3.8, 4) is 0 Å². The van der Waals surface area contributed by atoms with Crippen molar-refractivity contribution in [2.24, 2.45) is 5.92 Å². The minimum atomic E-state index is -0.381. The molecule has 1 aliphatic rings. The van der Waals surface area contributed by atoms with Crippen LogP contribution in [0.5, 0.6) is 0 Å². The van der Waals surface area contributed by atoms with Gasteiger partial charge in [-0.1, -0.05) is 12.1 Å². The van der Waals surface area contributed by atoms with Gasteiger partial charge >= 0.3 is 12.0 Å². The molecule has 0 radical (unpaired) electrons. The third kappa shape index (κ3) is 6.03. The predicted molar refractivity (Wildman–Crippen MR) is 116 cm³/mol.